The average molecular weight is 357 g/mol. The van der Waals surface area contributed by atoms with E-state index in [-0.39, 0.29) is 0 Å². The average Bonchev–Trinajstić information content (AvgIpc) is 2.72. The summed E-state index contributed by atoms with van der Waals surface area (Å²) in [5, 5.41) is 0. The highest BCUT2D eigenvalue weighted by Gasteiger charge is 2.34. The molecule has 0 heteroatoms. The molecule has 3 aliphatic carbocycles. The van der Waals surface area contributed by atoms with E-state index in [9.17, 15) is 0 Å². The maximum Gasteiger partial charge on any atom is -0.0233 e. The monoisotopic (exact) mass is 356 g/mol. The van der Waals surface area contributed by atoms with E-state index in [0.29, 0.717) is 0 Å². The van der Waals surface area contributed by atoms with Gasteiger partial charge in [0.1, 0.15) is 0 Å². The van der Waals surface area contributed by atoms with Gasteiger partial charge < -0.3 is 0 Å². The van der Waals surface area contributed by atoms with Crippen molar-refractivity contribution in [3.8, 4) is 0 Å². The third-order valence-electron chi connectivity index (χ3n) is 8.07. The standard InChI is InChI=1S/C26H44/c1-3-5-7-21-9-13-23(14-10-21)25-17-19-26(20-18-25)24-15-11-22(12-16-24)8-6-4-2/h5-8,21-26H,3-4,9-20H2,1-2H3. The molecule has 0 amide bonds. The molecule has 0 nitrogen and oxygen atoms in total. The molecule has 0 aromatic rings. The lowest BCUT2D eigenvalue weighted by atomic mass is 9.65. The van der Waals surface area contributed by atoms with E-state index in [0.717, 1.165) is 35.5 Å². The van der Waals surface area contributed by atoms with Crippen LogP contribution in [0.25, 0.3) is 0 Å². The molecule has 26 heavy (non-hydrogen) atoms. The van der Waals surface area contributed by atoms with Gasteiger partial charge in [0.2, 0.25) is 0 Å². The quantitative estimate of drug-likeness (QED) is 0.419. The molecular formula is C26H44. The Labute approximate surface area is 163 Å². The Hall–Kier alpha value is -0.520. The van der Waals surface area contributed by atoms with Crippen molar-refractivity contribution in [2.75, 3.05) is 0 Å². The van der Waals surface area contributed by atoms with Crippen LogP contribution in [0.15, 0.2) is 24.3 Å². The van der Waals surface area contributed by atoms with Crippen LogP contribution in [0.4, 0.5) is 0 Å². The van der Waals surface area contributed by atoms with E-state index in [1.54, 1.807) is 25.7 Å². The first kappa shape index (κ1) is 20.2. The second kappa shape index (κ2) is 10.7. The fourth-order valence-electron chi connectivity index (χ4n) is 6.36. The summed E-state index contributed by atoms with van der Waals surface area (Å²) in [7, 11) is 0. The zero-order valence-corrected chi connectivity index (χ0v) is 17.7. The molecule has 0 aromatic heterocycles. The van der Waals surface area contributed by atoms with Gasteiger partial charge in [-0.15, -0.1) is 0 Å². The Kier molecular flexibility index (Phi) is 8.34. The molecule has 0 radical (unpaired) electrons. The first-order chi connectivity index (χ1) is 12.8. The van der Waals surface area contributed by atoms with Crippen molar-refractivity contribution in [1.82, 2.24) is 0 Å². The predicted octanol–water partition coefficient (Wildman–Crippen LogP) is 8.34. The molecule has 0 unspecified atom stereocenters. The van der Waals surface area contributed by atoms with Gasteiger partial charge in [-0.3, -0.25) is 0 Å². The Morgan fingerprint density at radius 3 is 1.00 bits per heavy atom. The summed E-state index contributed by atoms with van der Waals surface area (Å²) in [5.74, 6) is 6.09. The lowest BCUT2D eigenvalue weighted by Gasteiger charge is -2.41. The summed E-state index contributed by atoms with van der Waals surface area (Å²) in [5.41, 5.74) is 0. The molecule has 3 fully saturated rings. The Bertz CT molecular complexity index is 379. The number of hydrogen-bond donors (Lipinski definition) is 0. The first-order valence-electron chi connectivity index (χ1n) is 12.1. The van der Waals surface area contributed by atoms with Crippen LogP contribution in [0.3, 0.4) is 0 Å². The summed E-state index contributed by atoms with van der Waals surface area (Å²) in [6.07, 6.45) is 30.4. The molecule has 0 bridgehead atoms. The summed E-state index contributed by atoms with van der Waals surface area (Å²) in [6, 6.07) is 0. The SMILES string of the molecule is CCC=CC1CCC(C2CCC(C3CCC(C=CCC)CC3)CC2)CC1. The third-order valence-corrected chi connectivity index (χ3v) is 8.07. The zero-order valence-electron chi connectivity index (χ0n) is 17.7. The van der Waals surface area contributed by atoms with Crippen molar-refractivity contribution in [2.45, 2.75) is 104 Å². The Morgan fingerprint density at radius 2 is 0.731 bits per heavy atom. The van der Waals surface area contributed by atoms with Crippen molar-refractivity contribution in [2.24, 2.45) is 35.5 Å². The van der Waals surface area contributed by atoms with Crippen LogP contribution >= 0.6 is 0 Å². The van der Waals surface area contributed by atoms with Crippen LogP contribution in [0.2, 0.25) is 0 Å². The van der Waals surface area contributed by atoms with E-state index in [2.05, 4.69) is 38.2 Å². The molecule has 0 atom stereocenters. The normalized spacial score (nSPS) is 39.6. The molecule has 0 aliphatic heterocycles. The maximum absolute atomic E-state index is 2.51. The smallest absolute Gasteiger partial charge is 0.0233 e. The summed E-state index contributed by atoms with van der Waals surface area (Å²) >= 11 is 0. The van der Waals surface area contributed by atoms with Gasteiger partial charge in [-0.1, -0.05) is 38.2 Å². The Balaban J connectivity index is 1.36. The van der Waals surface area contributed by atoms with Gasteiger partial charge in [-0.05, 0) is 125 Å². The van der Waals surface area contributed by atoms with Gasteiger partial charge in [-0.25, -0.2) is 0 Å². The van der Waals surface area contributed by atoms with Crippen molar-refractivity contribution < 1.29 is 0 Å². The van der Waals surface area contributed by atoms with Crippen LogP contribution in [0.5, 0.6) is 0 Å². The summed E-state index contributed by atoms with van der Waals surface area (Å²) < 4.78 is 0. The largest absolute Gasteiger partial charge is 0.0885 e. The summed E-state index contributed by atoms with van der Waals surface area (Å²) in [4.78, 5) is 0. The fourth-order valence-corrected chi connectivity index (χ4v) is 6.36. The molecular weight excluding hydrogens is 312 g/mol. The minimum atomic E-state index is 0.902. The van der Waals surface area contributed by atoms with Crippen LogP contribution in [0.1, 0.15) is 104 Å². The molecule has 0 aromatic carbocycles. The van der Waals surface area contributed by atoms with Crippen LogP contribution in [0, 0.1) is 35.5 Å². The molecule has 148 valence electrons. The molecule has 0 spiro atoms. The Morgan fingerprint density at radius 1 is 0.462 bits per heavy atom. The molecule has 0 heterocycles. The zero-order chi connectivity index (χ0) is 18.2. The van der Waals surface area contributed by atoms with Gasteiger partial charge in [0.25, 0.3) is 0 Å². The van der Waals surface area contributed by atoms with E-state index in [1.807, 2.05) is 0 Å². The highest BCUT2D eigenvalue weighted by Crippen LogP contribution is 2.46. The highest BCUT2D eigenvalue weighted by atomic mass is 14.4. The molecule has 0 N–H and O–H groups in total. The lowest BCUT2D eigenvalue weighted by Crippen LogP contribution is -2.29. The molecule has 3 saturated carbocycles. The van der Waals surface area contributed by atoms with Gasteiger partial charge in [0.05, 0.1) is 0 Å². The van der Waals surface area contributed by atoms with E-state index >= 15 is 0 Å². The lowest BCUT2D eigenvalue weighted by molar-refractivity contribution is 0.112. The van der Waals surface area contributed by atoms with E-state index in [4.69, 9.17) is 0 Å². The van der Waals surface area contributed by atoms with Crippen molar-refractivity contribution >= 4 is 0 Å². The summed E-state index contributed by atoms with van der Waals surface area (Å²) in [6.45, 7) is 4.52. The van der Waals surface area contributed by atoms with Gasteiger partial charge >= 0.3 is 0 Å². The minimum Gasteiger partial charge on any atom is -0.0885 e. The van der Waals surface area contributed by atoms with Crippen molar-refractivity contribution in [3.63, 3.8) is 0 Å². The number of hydrogen-bond acceptors (Lipinski definition) is 0. The predicted molar refractivity (Wildman–Crippen MR) is 115 cm³/mol. The highest BCUT2D eigenvalue weighted by molar-refractivity contribution is 4.94. The second-order valence-corrected chi connectivity index (χ2v) is 9.70. The first-order valence-corrected chi connectivity index (χ1v) is 12.1. The van der Waals surface area contributed by atoms with Crippen LogP contribution in [-0.4, -0.2) is 0 Å². The van der Waals surface area contributed by atoms with Gasteiger partial charge in [-0.2, -0.15) is 0 Å². The van der Waals surface area contributed by atoms with E-state index < -0.39 is 0 Å². The molecule has 3 aliphatic rings. The topological polar surface area (TPSA) is 0 Å². The third kappa shape index (κ3) is 5.74. The molecule has 0 saturated heterocycles. The van der Waals surface area contributed by atoms with Gasteiger partial charge in [0, 0.05) is 0 Å². The maximum atomic E-state index is 2.51. The van der Waals surface area contributed by atoms with Crippen molar-refractivity contribution in [1.29, 1.82) is 0 Å². The van der Waals surface area contributed by atoms with Crippen LogP contribution < -0.4 is 0 Å². The molecule has 3 rings (SSSR count). The van der Waals surface area contributed by atoms with Crippen LogP contribution in [-0.2, 0) is 0 Å². The van der Waals surface area contributed by atoms with Crippen molar-refractivity contribution in [3.05, 3.63) is 24.3 Å². The minimum absolute atomic E-state index is 0.902. The number of allylic oxidation sites excluding steroid dienone is 4. The van der Waals surface area contributed by atoms with E-state index in [1.165, 1.54) is 64.2 Å². The van der Waals surface area contributed by atoms with Gasteiger partial charge in [0.15, 0.2) is 0 Å². The fraction of sp³-hybridized carbons (Fsp3) is 0.846. The number of rotatable bonds is 6. The second-order valence-electron chi connectivity index (χ2n) is 9.70.